The van der Waals surface area contributed by atoms with E-state index in [-0.39, 0.29) is 18.1 Å². The number of methoxy groups -OCH3 is 1. The molecule has 1 N–H and O–H groups in total. The molecule has 24 heavy (non-hydrogen) atoms. The summed E-state index contributed by atoms with van der Waals surface area (Å²) in [6.07, 6.45) is 4.98. The highest BCUT2D eigenvalue weighted by atomic mass is 16.5. The van der Waals surface area contributed by atoms with Crippen LogP contribution in [0.4, 0.5) is 0 Å². The number of amides is 1. The average Bonchev–Trinajstić information content (AvgIpc) is 3.07. The summed E-state index contributed by atoms with van der Waals surface area (Å²) in [5.41, 5.74) is 2.68. The maximum absolute atomic E-state index is 12.0. The van der Waals surface area contributed by atoms with Gasteiger partial charge in [-0.05, 0) is 49.3 Å². The average molecular weight is 332 g/mol. The number of carbonyl (C=O) groups is 1. The predicted octanol–water partition coefficient (Wildman–Crippen LogP) is 2.30. The Morgan fingerprint density at radius 1 is 1.33 bits per heavy atom. The fourth-order valence-corrected chi connectivity index (χ4v) is 3.82. The Balaban J connectivity index is 1.58. The summed E-state index contributed by atoms with van der Waals surface area (Å²) in [6, 6.07) is 6.65. The standard InChI is InChI=1S/C19H28N2O3/c1-21(2)19(22)18-11-10-13(24-18)12-20-16-8-4-7-15-14(16)6-5-9-17(15)23-3/h5-6,9,13,16,18,20H,4,7-8,10-12H2,1-3H3. The lowest BCUT2D eigenvalue weighted by Gasteiger charge is -2.28. The molecule has 0 saturated carbocycles. The number of benzene rings is 1. The summed E-state index contributed by atoms with van der Waals surface area (Å²) >= 11 is 0. The number of hydrogen-bond acceptors (Lipinski definition) is 4. The van der Waals surface area contributed by atoms with Crippen LogP contribution in [0.15, 0.2) is 18.2 Å². The Bertz CT molecular complexity index is 588. The molecule has 0 spiro atoms. The molecular weight excluding hydrogens is 304 g/mol. The van der Waals surface area contributed by atoms with Gasteiger partial charge < -0.3 is 19.7 Å². The molecule has 1 saturated heterocycles. The van der Waals surface area contributed by atoms with E-state index in [1.165, 1.54) is 11.1 Å². The van der Waals surface area contributed by atoms with Crippen LogP contribution in [0.25, 0.3) is 0 Å². The zero-order valence-corrected chi connectivity index (χ0v) is 14.9. The van der Waals surface area contributed by atoms with Gasteiger partial charge in [-0.2, -0.15) is 0 Å². The number of carbonyl (C=O) groups excluding carboxylic acids is 1. The molecule has 1 heterocycles. The SMILES string of the molecule is COc1cccc2c1CCCC2NCC1CCC(C(=O)N(C)C)O1. The minimum atomic E-state index is -0.273. The van der Waals surface area contributed by atoms with Crippen molar-refractivity contribution < 1.29 is 14.3 Å². The van der Waals surface area contributed by atoms with Gasteiger partial charge in [-0.25, -0.2) is 0 Å². The lowest BCUT2D eigenvalue weighted by Crippen LogP contribution is -2.36. The molecule has 3 atom stereocenters. The zero-order valence-electron chi connectivity index (χ0n) is 14.9. The number of ether oxygens (including phenoxy) is 2. The molecule has 1 aliphatic carbocycles. The summed E-state index contributed by atoms with van der Waals surface area (Å²) in [5.74, 6) is 1.07. The normalized spacial score (nSPS) is 26.0. The van der Waals surface area contributed by atoms with Crippen molar-refractivity contribution in [3.05, 3.63) is 29.3 Å². The number of hydrogen-bond donors (Lipinski definition) is 1. The smallest absolute Gasteiger partial charge is 0.251 e. The van der Waals surface area contributed by atoms with Gasteiger partial charge in [-0.3, -0.25) is 4.79 Å². The van der Waals surface area contributed by atoms with Crippen molar-refractivity contribution in [3.8, 4) is 5.75 Å². The highest BCUT2D eigenvalue weighted by Gasteiger charge is 2.32. The Labute approximate surface area is 144 Å². The summed E-state index contributed by atoms with van der Waals surface area (Å²) < 4.78 is 11.4. The first kappa shape index (κ1) is 17.2. The molecule has 1 amide bonds. The van der Waals surface area contributed by atoms with E-state index in [0.717, 1.165) is 44.4 Å². The first-order chi connectivity index (χ1) is 11.6. The fourth-order valence-electron chi connectivity index (χ4n) is 3.82. The van der Waals surface area contributed by atoms with Crippen LogP contribution in [0.1, 0.15) is 42.9 Å². The number of rotatable bonds is 5. The Morgan fingerprint density at radius 2 is 2.17 bits per heavy atom. The molecule has 1 aliphatic heterocycles. The molecule has 0 radical (unpaired) electrons. The van der Waals surface area contributed by atoms with Gasteiger partial charge in [0.1, 0.15) is 11.9 Å². The largest absolute Gasteiger partial charge is 0.496 e. The highest BCUT2D eigenvalue weighted by Crippen LogP contribution is 2.35. The summed E-state index contributed by atoms with van der Waals surface area (Å²) in [5, 5.41) is 3.65. The Morgan fingerprint density at radius 3 is 2.92 bits per heavy atom. The summed E-state index contributed by atoms with van der Waals surface area (Å²) in [6.45, 7) is 0.790. The van der Waals surface area contributed by atoms with Crippen LogP contribution in [-0.4, -0.2) is 50.8 Å². The lowest BCUT2D eigenvalue weighted by atomic mass is 9.87. The van der Waals surface area contributed by atoms with E-state index in [0.29, 0.717) is 6.04 Å². The summed E-state index contributed by atoms with van der Waals surface area (Å²) in [7, 11) is 5.30. The van der Waals surface area contributed by atoms with Gasteiger partial charge in [-0.15, -0.1) is 0 Å². The fraction of sp³-hybridized carbons (Fsp3) is 0.632. The van der Waals surface area contributed by atoms with Crippen molar-refractivity contribution in [1.29, 1.82) is 0 Å². The van der Waals surface area contributed by atoms with Crippen LogP contribution in [0.3, 0.4) is 0 Å². The van der Waals surface area contributed by atoms with Crippen molar-refractivity contribution >= 4 is 5.91 Å². The van der Waals surface area contributed by atoms with Crippen molar-refractivity contribution in [2.75, 3.05) is 27.7 Å². The third kappa shape index (κ3) is 3.57. The van der Waals surface area contributed by atoms with E-state index < -0.39 is 0 Å². The second-order valence-electron chi connectivity index (χ2n) is 6.94. The van der Waals surface area contributed by atoms with Gasteiger partial charge in [-0.1, -0.05) is 12.1 Å². The molecule has 1 aromatic carbocycles. The van der Waals surface area contributed by atoms with Gasteiger partial charge in [0.05, 0.1) is 13.2 Å². The van der Waals surface area contributed by atoms with Gasteiger partial charge in [0.15, 0.2) is 0 Å². The second-order valence-corrected chi connectivity index (χ2v) is 6.94. The number of nitrogens with zero attached hydrogens (tertiary/aromatic N) is 1. The van der Waals surface area contributed by atoms with E-state index >= 15 is 0 Å². The molecule has 132 valence electrons. The first-order valence-corrected chi connectivity index (χ1v) is 8.86. The monoisotopic (exact) mass is 332 g/mol. The van der Waals surface area contributed by atoms with Crippen molar-refractivity contribution in [2.24, 2.45) is 0 Å². The van der Waals surface area contributed by atoms with Crippen LogP contribution in [-0.2, 0) is 16.0 Å². The van der Waals surface area contributed by atoms with E-state index in [1.54, 1.807) is 26.1 Å². The molecule has 3 unspecified atom stereocenters. The molecule has 2 aliphatic rings. The minimum absolute atomic E-state index is 0.0743. The predicted molar refractivity (Wildman–Crippen MR) is 93.3 cm³/mol. The molecule has 1 fully saturated rings. The Hall–Kier alpha value is -1.59. The van der Waals surface area contributed by atoms with E-state index in [2.05, 4.69) is 17.4 Å². The maximum atomic E-state index is 12.0. The number of likely N-dealkylation sites (N-methyl/N-ethyl adjacent to an activating group) is 1. The quantitative estimate of drug-likeness (QED) is 0.899. The van der Waals surface area contributed by atoms with E-state index in [9.17, 15) is 4.79 Å². The molecule has 5 heteroatoms. The minimum Gasteiger partial charge on any atom is -0.496 e. The zero-order chi connectivity index (χ0) is 17.1. The first-order valence-electron chi connectivity index (χ1n) is 8.86. The molecule has 5 nitrogen and oxygen atoms in total. The number of nitrogens with one attached hydrogen (secondary N) is 1. The van der Waals surface area contributed by atoms with E-state index in [1.807, 2.05) is 6.07 Å². The van der Waals surface area contributed by atoms with Crippen LogP contribution in [0.5, 0.6) is 5.75 Å². The van der Waals surface area contributed by atoms with Crippen LogP contribution < -0.4 is 10.1 Å². The molecule has 0 bridgehead atoms. The third-order valence-electron chi connectivity index (χ3n) is 5.10. The third-order valence-corrected chi connectivity index (χ3v) is 5.10. The molecular formula is C19H28N2O3. The van der Waals surface area contributed by atoms with Crippen LogP contribution >= 0.6 is 0 Å². The maximum Gasteiger partial charge on any atom is 0.251 e. The van der Waals surface area contributed by atoms with Crippen molar-refractivity contribution in [1.82, 2.24) is 10.2 Å². The van der Waals surface area contributed by atoms with Gasteiger partial charge in [0.25, 0.3) is 5.91 Å². The van der Waals surface area contributed by atoms with E-state index in [4.69, 9.17) is 9.47 Å². The molecule has 3 rings (SSSR count). The number of fused-ring (bicyclic) bond motifs is 1. The molecule has 0 aromatic heterocycles. The van der Waals surface area contributed by atoms with Crippen molar-refractivity contribution in [2.45, 2.75) is 50.4 Å². The highest BCUT2D eigenvalue weighted by molar-refractivity contribution is 5.80. The molecule has 1 aromatic rings. The summed E-state index contributed by atoms with van der Waals surface area (Å²) in [4.78, 5) is 13.6. The van der Waals surface area contributed by atoms with Gasteiger partial charge in [0.2, 0.25) is 0 Å². The Kier molecular flexibility index (Phi) is 5.41. The van der Waals surface area contributed by atoms with Crippen molar-refractivity contribution in [3.63, 3.8) is 0 Å². The van der Waals surface area contributed by atoms with Gasteiger partial charge >= 0.3 is 0 Å². The van der Waals surface area contributed by atoms with Crippen LogP contribution in [0, 0.1) is 0 Å². The topological polar surface area (TPSA) is 50.8 Å². The second kappa shape index (κ2) is 7.53. The lowest BCUT2D eigenvalue weighted by molar-refractivity contribution is -0.140. The van der Waals surface area contributed by atoms with Gasteiger partial charge in [0, 0.05) is 26.7 Å². The van der Waals surface area contributed by atoms with Crippen LogP contribution in [0.2, 0.25) is 0 Å².